The van der Waals surface area contributed by atoms with E-state index in [0.29, 0.717) is 26.1 Å². The van der Waals surface area contributed by atoms with Gasteiger partial charge in [-0.05, 0) is 42.2 Å². The lowest BCUT2D eigenvalue weighted by molar-refractivity contribution is -0.161. The summed E-state index contributed by atoms with van der Waals surface area (Å²) < 4.78 is 11.0. The molecule has 1 atom stereocenters. The molecule has 0 amide bonds. The second-order valence-corrected chi connectivity index (χ2v) is 7.49. The number of rotatable bonds is 10. The molecule has 3 aromatic rings. The Bertz CT molecular complexity index is 900. The van der Waals surface area contributed by atoms with Gasteiger partial charge in [0.15, 0.2) is 0 Å². The highest BCUT2D eigenvalue weighted by Gasteiger charge is 2.45. The van der Waals surface area contributed by atoms with Gasteiger partial charge in [0, 0.05) is 13.1 Å². The third-order valence-corrected chi connectivity index (χ3v) is 5.66. The van der Waals surface area contributed by atoms with Gasteiger partial charge in [0.25, 0.3) is 0 Å². The molecule has 0 spiro atoms. The van der Waals surface area contributed by atoms with Gasteiger partial charge in [0.1, 0.15) is 11.3 Å². The summed E-state index contributed by atoms with van der Waals surface area (Å²) >= 11 is 0. The Labute approximate surface area is 185 Å². The van der Waals surface area contributed by atoms with Crippen molar-refractivity contribution in [1.29, 1.82) is 0 Å². The van der Waals surface area contributed by atoms with Crippen LogP contribution in [-0.2, 0) is 28.2 Å². The summed E-state index contributed by atoms with van der Waals surface area (Å²) in [4.78, 5) is 15.8. The van der Waals surface area contributed by atoms with Gasteiger partial charge in [0.2, 0.25) is 0 Å². The third kappa shape index (κ3) is 5.15. The van der Waals surface area contributed by atoms with Gasteiger partial charge in [-0.2, -0.15) is 0 Å². The summed E-state index contributed by atoms with van der Waals surface area (Å²) in [6, 6.07) is 28.3. The first-order valence-corrected chi connectivity index (χ1v) is 10.8. The highest BCUT2D eigenvalue weighted by molar-refractivity contribution is 5.82. The molecule has 0 aliphatic carbocycles. The van der Waals surface area contributed by atoms with Crippen molar-refractivity contribution in [3.63, 3.8) is 0 Å². The van der Waals surface area contributed by atoms with E-state index in [0.717, 1.165) is 22.4 Å². The number of esters is 1. The predicted molar refractivity (Wildman–Crippen MR) is 124 cm³/mol. The molecule has 4 heteroatoms. The van der Waals surface area contributed by atoms with Crippen LogP contribution in [0.4, 0.5) is 0 Å². The summed E-state index contributed by atoms with van der Waals surface area (Å²) in [5.74, 6) is 0.532. The normalized spacial score (nSPS) is 12.9. The van der Waals surface area contributed by atoms with Gasteiger partial charge in [-0.15, -0.1) is 0 Å². The first-order valence-electron chi connectivity index (χ1n) is 10.8. The van der Waals surface area contributed by atoms with E-state index in [2.05, 4.69) is 29.2 Å². The molecule has 0 aliphatic heterocycles. The predicted octanol–water partition coefficient (Wildman–Crippen LogP) is 5.57. The maximum Gasteiger partial charge on any atom is 0.331 e. The number of hydrogen-bond donors (Lipinski definition) is 0. The molecule has 0 fully saturated rings. The van der Waals surface area contributed by atoms with Gasteiger partial charge in [-0.3, -0.25) is 4.90 Å². The van der Waals surface area contributed by atoms with E-state index in [1.807, 2.05) is 74.5 Å². The van der Waals surface area contributed by atoms with Crippen LogP contribution in [0.15, 0.2) is 84.9 Å². The van der Waals surface area contributed by atoms with Crippen molar-refractivity contribution >= 4 is 5.97 Å². The fraction of sp³-hybridized carbons (Fsp3) is 0.296. The van der Waals surface area contributed by atoms with Crippen LogP contribution in [0, 0.1) is 0 Å². The Balaban J connectivity index is 2.12. The van der Waals surface area contributed by atoms with E-state index in [-0.39, 0.29) is 5.97 Å². The van der Waals surface area contributed by atoms with Gasteiger partial charge >= 0.3 is 5.97 Å². The smallest absolute Gasteiger partial charge is 0.331 e. The fourth-order valence-corrected chi connectivity index (χ4v) is 4.05. The maximum absolute atomic E-state index is 13.6. The van der Waals surface area contributed by atoms with E-state index in [1.54, 1.807) is 7.11 Å². The monoisotopic (exact) mass is 417 g/mol. The van der Waals surface area contributed by atoms with Crippen LogP contribution in [0.5, 0.6) is 5.75 Å². The van der Waals surface area contributed by atoms with Crippen LogP contribution < -0.4 is 4.74 Å². The Kier molecular flexibility index (Phi) is 7.85. The molecule has 3 rings (SSSR count). The number of benzene rings is 3. The lowest BCUT2D eigenvalue weighted by Gasteiger charge is -2.42. The van der Waals surface area contributed by atoms with Crippen molar-refractivity contribution in [3.8, 4) is 5.75 Å². The van der Waals surface area contributed by atoms with E-state index in [4.69, 9.17) is 9.47 Å². The van der Waals surface area contributed by atoms with Crippen LogP contribution in [0.25, 0.3) is 0 Å². The zero-order valence-electron chi connectivity index (χ0n) is 18.6. The Morgan fingerprint density at radius 3 is 1.74 bits per heavy atom. The van der Waals surface area contributed by atoms with Gasteiger partial charge in [0.05, 0.1) is 13.7 Å². The van der Waals surface area contributed by atoms with Gasteiger partial charge in [-0.25, -0.2) is 4.79 Å². The Morgan fingerprint density at radius 1 is 0.806 bits per heavy atom. The SMILES string of the molecule is CCOC(=O)C(CC)(c1ccc(OC)cc1)N(Cc1ccccc1)Cc1ccccc1. The highest BCUT2D eigenvalue weighted by Crippen LogP contribution is 2.37. The molecule has 0 bridgehead atoms. The molecule has 4 nitrogen and oxygen atoms in total. The van der Waals surface area contributed by atoms with Crippen LogP contribution in [-0.4, -0.2) is 24.6 Å². The van der Waals surface area contributed by atoms with Crippen molar-refractivity contribution in [3.05, 3.63) is 102 Å². The third-order valence-electron chi connectivity index (χ3n) is 5.66. The lowest BCUT2D eigenvalue weighted by Crippen LogP contribution is -2.51. The molecule has 1 unspecified atom stereocenters. The van der Waals surface area contributed by atoms with E-state index in [1.165, 1.54) is 0 Å². The summed E-state index contributed by atoms with van der Waals surface area (Å²) in [5.41, 5.74) is 2.28. The van der Waals surface area contributed by atoms with Crippen molar-refractivity contribution < 1.29 is 14.3 Å². The lowest BCUT2D eigenvalue weighted by atomic mass is 9.84. The number of nitrogens with zero attached hydrogens (tertiary/aromatic N) is 1. The molecule has 0 aromatic heterocycles. The minimum absolute atomic E-state index is 0.227. The average molecular weight is 418 g/mol. The highest BCUT2D eigenvalue weighted by atomic mass is 16.5. The number of carbonyl (C=O) groups is 1. The number of methoxy groups -OCH3 is 1. The van der Waals surface area contributed by atoms with Gasteiger partial charge < -0.3 is 9.47 Å². The van der Waals surface area contributed by atoms with Gasteiger partial charge in [-0.1, -0.05) is 79.7 Å². The number of carbonyl (C=O) groups excluding carboxylic acids is 1. The van der Waals surface area contributed by atoms with Crippen molar-refractivity contribution in [2.75, 3.05) is 13.7 Å². The minimum atomic E-state index is -0.923. The Hall–Kier alpha value is -3.11. The van der Waals surface area contributed by atoms with Crippen LogP contribution in [0.2, 0.25) is 0 Å². The summed E-state index contributed by atoms with van der Waals surface area (Å²) in [6.07, 6.45) is 0.581. The molecule has 31 heavy (non-hydrogen) atoms. The van der Waals surface area contributed by atoms with E-state index < -0.39 is 5.54 Å². The Morgan fingerprint density at radius 2 is 1.32 bits per heavy atom. The van der Waals surface area contributed by atoms with E-state index >= 15 is 0 Å². The molecule has 0 radical (unpaired) electrons. The first-order chi connectivity index (χ1) is 15.1. The van der Waals surface area contributed by atoms with E-state index in [9.17, 15) is 4.79 Å². The molecule has 0 saturated carbocycles. The number of ether oxygens (including phenoxy) is 2. The summed E-state index contributed by atoms with van der Waals surface area (Å²) in [6.45, 7) is 5.47. The second-order valence-electron chi connectivity index (χ2n) is 7.49. The molecule has 0 saturated heterocycles. The first kappa shape index (κ1) is 22.6. The molecule has 162 valence electrons. The van der Waals surface area contributed by atoms with Crippen LogP contribution in [0.3, 0.4) is 0 Å². The van der Waals surface area contributed by atoms with Crippen molar-refractivity contribution in [1.82, 2.24) is 4.90 Å². The zero-order chi connectivity index (χ0) is 22.1. The maximum atomic E-state index is 13.6. The molecule has 0 N–H and O–H groups in total. The fourth-order valence-electron chi connectivity index (χ4n) is 4.05. The molecule has 3 aromatic carbocycles. The topological polar surface area (TPSA) is 38.8 Å². The summed E-state index contributed by atoms with van der Waals surface area (Å²) in [5, 5.41) is 0. The second kappa shape index (κ2) is 10.8. The quantitative estimate of drug-likeness (QED) is 0.405. The zero-order valence-corrected chi connectivity index (χ0v) is 18.6. The molecular weight excluding hydrogens is 386 g/mol. The number of hydrogen-bond acceptors (Lipinski definition) is 4. The van der Waals surface area contributed by atoms with Crippen LogP contribution in [0.1, 0.15) is 37.0 Å². The average Bonchev–Trinajstić information content (AvgIpc) is 2.82. The largest absolute Gasteiger partial charge is 0.497 e. The molecular formula is C27H31NO3. The van der Waals surface area contributed by atoms with Crippen LogP contribution >= 0.6 is 0 Å². The molecule has 0 heterocycles. The minimum Gasteiger partial charge on any atom is -0.497 e. The summed E-state index contributed by atoms with van der Waals surface area (Å²) in [7, 11) is 1.64. The van der Waals surface area contributed by atoms with Crippen molar-refractivity contribution in [2.24, 2.45) is 0 Å². The molecule has 0 aliphatic rings. The van der Waals surface area contributed by atoms with Crippen molar-refractivity contribution in [2.45, 2.75) is 38.9 Å². The standard InChI is InChI=1S/C27H31NO3/c1-4-27(26(29)31-5-2,24-16-18-25(30-3)19-17-24)28(20-22-12-8-6-9-13-22)21-23-14-10-7-11-15-23/h6-19H,4-5,20-21H2,1-3H3.